The molecule has 0 bridgehead atoms. The highest BCUT2D eigenvalue weighted by Crippen LogP contribution is 2.32. The van der Waals surface area contributed by atoms with Gasteiger partial charge in [-0.1, -0.05) is 13.0 Å². The molecule has 10 heteroatoms. The smallest absolute Gasteiger partial charge is 0.328 e. The van der Waals surface area contributed by atoms with Gasteiger partial charge in [-0.25, -0.2) is 4.79 Å². The van der Waals surface area contributed by atoms with Gasteiger partial charge in [-0.3, -0.25) is 14.4 Å². The third-order valence-corrected chi connectivity index (χ3v) is 6.83. The number of ether oxygens (including phenoxy) is 2. The number of carbonyl (C=O) groups is 4. The minimum absolute atomic E-state index is 0.0315. The number of esters is 1. The Morgan fingerprint density at radius 1 is 1.26 bits per heavy atom. The maximum atomic E-state index is 13.3. The predicted octanol–water partition coefficient (Wildman–Crippen LogP) is 1.21. The molecule has 182 valence electrons. The normalized spacial score (nSPS) is 22.6. The van der Waals surface area contributed by atoms with Crippen LogP contribution >= 0.6 is 0 Å². The Bertz CT molecular complexity index is 1110. The average molecular weight is 471 g/mol. The van der Waals surface area contributed by atoms with E-state index in [0.717, 1.165) is 10.9 Å². The number of carbonyl (C=O) groups excluding carboxylic acids is 4. The summed E-state index contributed by atoms with van der Waals surface area (Å²) in [5, 5.41) is 6.26. The van der Waals surface area contributed by atoms with Gasteiger partial charge in [0.05, 0.1) is 14.2 Å². The van der Waals surface area contributed by atoms with Gasteiger partial charge in [-0.2, -0.15) is 0 Å². The molecule has 10 nitrogen and oxygen atoms in total. The van der Waals surface area contributed by atoms with Crippen molar-refractivity contribution in [3.63, 3.8) is 0 Å². The highest BCUT2D eigenvalue weighted by atomic mass is 16.5. The summed E-state index contributed by atoms with van der Waals surface area (Å²) in [6.45, 7) is 2.94. The number of likely N-dealkylation sites (tertiary alicyclic amines) is 1. The summed E-state index contributed by atoms with van der Waals surface area (Å²) < 4.78 is 10.2. The number of methoxy groups -OCH3 is 2. The summed E-state index contributed by atoms with van der Waals surface area (Å²) in [6, 6.07) is 5.55. The Morgan fingerprint density at radius 2 is 2.06 bits per heavy atom. The minimum Gasteiger partial charge on any atom is -0.496 e. The van der Waals surface area contributed by atoms with E-state index in [0.29, 0.717) is 37.4 Å². The van der Waals surface area contributed by atoms with Crippen LogP contribution in [0.15, 0.2) is 24.3 Å². The predicted molar refractivity (Wildman–Crippen MR) is 123 cm³/mol. The van der Waals surface area contributed by atoms with Gasteiger partial charge in [0.2, 0.25) is 11.8 Å². The Kier molecular flexibility index (Phi) is 6.76. The number of amides is 3. The molecule has 4 rings (SSSR count). The lowest BCUT2D eigenvalue weighted by Gasteiger charge is -2.46. The summed E-state index contributed by atoms with van der Waals surface area (Å²) in [5.41, 5.74) is 1.12. The van der Waals surface area contributed by atoms with Gasteiger partial charge >= 0.3 is 5.97 Å². The lowest BCUT2D eigenvalue weighted by molar-refractivity contribution is -0.148. The zero-order chi connectivity index (χ0) is 24.4. The molecule has 1 aromatic heterocycles. The number of nitrogens with one attached hydrogen (secondary N) is 3. The second kappa shape index (κ2) is 9.74. The van der Waals surface area contributed by atoms with E-state index >= 15 is 0 Å². The van der Waals surface area contributed by atoms with Crippen LogP contribution in [0.25, 0.3) is 10.9 Å². The van der Waals surface area contributed by atoms with Crippen molar-refractivity contribution in [3.8, 4) is 5.75 Å². The minimum atomic E-state index is -0.959. The first-order valence-corrected chi connectivity index (χ1v) is 11.5. The first-order chi connectivity index (χ1) is 16.4. The van der Waals surface area contributed by atoms with Crippen LogP contribution in [0.2, 0.25) is 0 Å². The van der Waals surface area contributed by atoms with Gasteiger partial charge in [0.1, 0.15) is 23.5 Å². The quantitative estimate of drug-likeness (QED) is 0.498. The van der Waals surface area contributed by atoms with E-state index < -0.39 is 24.0 Å². The number of rotatable bonds is 8. The summed E-state index contributed by atoms with van der Waals surface area (Å²) in [5.74, 6) is -1.22. The number of aromatic nitrogens is 1. The third-order valence-electron chi connectivity index (χ3n) is 6.83. The maximum Gasteiger partial charge on any atom is 0.328 e. The fraction of sp³-hybridized carbons (Fsp3) is 0.500. The molecule has 0 spiro atoms. The van der Waals surface area contributed by atoms with Crippen LogP contribution in [0.3, 0.4) is 0 Å². The number of hydrogen-bond acceptors (Lipinski definition) is 6. The van der Waals surface area contributed by atoms with Gasteiger partial charge in [-0.05, 0) is 37.5 Å². The van der Waals surface area contributed by atoms with E-state index in [1.54, 1.807) is 13.2 Å². The summed E-state index contributed by atoms with van der Waals surface area (Å²) in [6.07, 6.45) is 1.46. The molecule has 3 N–H and O–H groups in total. The number of hydrogen-bond donors (Lipinski definition) is 3. The van der Waals surface area contributed by atoms with Gasteiger partial charge in [0.25, 0.3) is 5.91 Å². The Labute approximate surface area is 197 Å². The number of aromatic amines is 1. The molecule has 3 heterocycles. The van der Waals surface area contributed by atoms with Crippen molar-refractivity contribution in [1.29, 1.82) is 0 Å². The highest BCUT2D eigenvalue weighted by Gasteiger charge is 2.47. The van der Waals surface area contributed by atoms with Crippen LogP contribution in [0, 0.1) is 11.8 Å². The topological polar surface area (TPSA) is 130 Å². The summed E-state index contributed by atoms with van der Waals surface area (Å²) >= 11 is 0. The van der Waals surface area contributed by atoms with Crippen molar-refractivity contribution >= 4 is 34.6 Å². The van der Waals surface area contributed by atoms with Gasteiger partial charge < -0.3 is 30.0 Å². The van der Waals surface area contributed by atoms with Crippen molar-refractivity contribution < 1.29 is 28.7 Å². The van der Waals surface area contributed by atoms with E-state index in [-0.39, 0.29) is 30.1 Å². The maximum absolute atomic E-state index is 13.3. The Morgan fingerprint density at radius 3 is 2.71 bits per heavy atom. The first kappa shape index (κ1) is 23.6. The first-order valence-electron chi connectivity index (χ1n) is 11.5. The van der Waals surface area contributed by atoms with Gasteiger partial charge in [0, 0.05) is 35.8 Å². The lowest BCUT2D eigenvalue weighted by Crippen LogP contribution is -2.65. The van der Waals surface area contributed by atoms with Crippen molar-refractivity contribution in [2.45, 2.75) is 38.3 Å². The second-order valence-corrected chi connectivity index (χ2v) is 8.77. The van der Waals surface area contributed by atoms with E-state index in [2.05, 4.69) is 15.6 Å². The van der Waals surface area contributed by atoms with Crippen molar-refractivity contribution in [2.24, 2.45) is 11.8 Å². The Balaban J connectivity index is 1.51. The Hall–Kier alpha value is -3.56. The van der Waals surface area contributed by atoms with Crippen LogP contribution in [-0.2, 0) is 19.1 Å². The molecule has 2 aromatic rings. The van der Waals surface area contributed by atoms with E-state index in [4.69, 9.17) is 9.47 Å². The molecule has 4 atom stereocenters. The molecular formula is C24H30N4O6. The van der Waals surface area contributed by atoms with Crippen LogP contribution in [0.4, 0.5) is 0 Å². The second-order valence-electron chi connectivity index (χ2n) is 8.77. The van der Waals surface area contributed by atoms with Crippen molar-refractivity contribution in [2.75, 3.05) is 27.3 Å². The zero-order valence-electron chi connectivity index (χ0n) is 19.6. The molecule has 3 amide bonds. The van der Waals surface area contributed by atoms with Gasteiger partial charge in [-0.15, -0.1) is 0 Å². The molecule has 2 saturated heterocycles. The molecule has 0 radical (unpaired) electrons. The standard InChI is InChI=1S/C24H30N4O6/c1-4-13-12-28(23(31)17-11-15-16(26-17)6-5-7-19(15)33-2)20(13)22(30)27-18(24(32)34-3)10-14-8-9-25-21(14)29/h5-7,11,13-14,18,20,26H,4,8-10,12H2,1-3H3,(H,25,29)(H,27,30)/t13-,14?,18?,20-/m0/s1. The number of benzene rings is 1. The van der Waals surface area contributed by atoms with E-state index in [1.807, 2.05) is 25.1 Å². The van der Waals surface area contributed by atoms with E-state index in [9.17, 15) is 19.2 Å². The monoisotopic (exact) mass is 470 g/mol. The van der Waals surface area contributed by atoms with Crippen LogP contribution in [0.1, 0.15) is 36.7 Å². The number of nitrogens with zero attached hydrogens (tertiary/aromatic N) is 1. The lowest BCUT2D eigenvalue weighted by atomic mass is 9.84. The van der Waals surface area contributed by atoms with Crippen LogP contribution in [0.5, 0.6) is 5.75 Å². The van der Waals surface area contributed by atoms with Gasteiger partial charge in [0.15, 0.2) is 0 Å². The molecule has 0 aliphatic carbocycles. The highest BCUT2D eigenvalue weighted by molar-refractivity contribution is 6.02. The molecular weight excluding hydrogens is 440 g/mol. The van der Waals surface area contributed by atoms with Crippen LogP contribution in [-0.4, -0.2) is 73.0 Å². The molecule has 0 saturated carbocycles. The summed E-state index contributed by atoms with van der Waals surface area (Å²) in [7, 11) is 2.81. The molecule has 2 unspecified atom stereocenters. The largest absolute Gasteiger partial charge is 0.496 e. The average Bonchev–Trinajstić information content (AvgIpc) is 3.43. The number of fused-ring (bicyclic) bond motifs is 1. The molecule has 34 heavy (non-hydrogen) atoms. The molecule has 1 aromatic carbocycles. The fourth-order valence-corrected chi connectivity index (χ4v) is 4.84. The third kappa shape index (κ3) is 4.32. The SMILES string of the molecule is CC[C@H]1CN(C(=O)c2cc3c(OC)cccc3[nH]2)[C@@H]1C(=O)NC(CC1CCNC1=O)C(=O)OC. The zero-order valence-corrected chi connectivity index (χ0v) is 19.6. The molecule has 2 fully saturated rings. The van der Waals surface area contributed by atoms with Crippen LogP contribution < -0.4 is 15.4 Å². The number of H-pyrrole nitrogens is 1. The molecule has 2 aliphatic heterocycles. The van der Waals surface area contributed by atoms with Crippen molar-refractivity contribution in [3.05, 3.63) is 30.0 Å². The van der Waals surface area contributed by atoms with E-state index in [1.165, 1.54) is 12.0 Å². The van der Waals surface area contributed by atoms with Crippen molar-refractivity contribution in [1.82, 2.24) is 20.5 Å². The fourth-order valence-electron chi connectivity index (χ4n) is 4.84. The molecule has 2 aliphatic rings. The summed E-state index contributed by atoms with van der Waals surface area (Å²) in [4.78, 5) is 55.5.